The second-order valence-electron chi connectivity index (χ2n) is 7.54. The molecule has 0 aromatic heterocycles. The van der Waals surface area contributed by atoms with E-state index in [1.807, 2.05) is 0 Å². The SMILES string of the molecule is COCCS(=O)(=O)c1ccc(C(=O)Nc2cc(OC)c(OC)cc2C(=O)N2CCCC2)cc1. The summed E-state index contributed by atoms with van der Waals surface area (Å²) in [4.78, 5) is 27.9. The number of likely N-dealkylation sites (tertiary alicyclic amines) is 1. The molecule has 178 valence electrons. The zero-order chi connectivity index (χ0) is 24.0. The highest BCUT2D eigenvalue weighted by molar-refractivity contribution is 7.91. The summed E-state index contributed by atoms with van der Waals surface area (Å²) in [6.45, 7) is 1.39. The zero-order valence-electron chi connectivity index (χ0n) is 18.9. The third-order valence-corrected chi connectivity index (χ3v) is 7.12. The number of sulfone groups is 1. The van der Waals surface area contributed by atoms with E-state index in [1.165, 1.54) is 45.6 Å². The molecule has 0 unspecified atom stereocenters. The number of carbonyl (C=O) groups is 2. The number of hydrogen-bond donors (Lipinski definition) is 1. The Morgan fingerprint density at radius 1 is 0.970 bits per heavy atom. The van der Waals surface area contributed by atoms with Gasteiger partial charge in [-0.05, 0) is 43.2 Å². The fourth-order valence-corrected chi connectivity index (χ4v) is 4.74. The Balaban J connectivity index is 1.88. The number of methoxy groups -OCH3 is 3. The van der Waals surface area contributed by atoms with E-state index in [9.17, 15) is 18.0 Å². The Labute approximate surface area is 193 Å². The van der Waals surface area contributed by atoms with Crippen LogP contribution in [0.3, 0.4) is 0 Å². The number of nitrogens with one attached hydrogen (secondary N) is 1. The number of benzene rings is 2. The minimum absolute atomic E-state index is 0.0810. The number of hydrogen-bond acceptors (Lipinski definition) is 7. The van der Waals surface area contributed by atoms with Crippen LogP contribution in [0.15, 0.2) is 41.3 Å². The molecule has 3 rings (SSSR count). The van der Waals surface area contributed by atoms with Crippen LogP contribution in [0.5, 0.6) is 11.5 Å². The summed E-state index contributed by atoms with van der Waals surface area (Å²) >= 11 is 0. The number of anilines is 1. The van der Waals surface area contributed by atoms with Gasteiger partial charge in [-0.25, -0.2) is 8.42 Å². The number of nitrogens with zero attached hydrogens (tertiary/aromatic N) is 1. The van der Waals surface area contributed by atoms with Gasteiger partial charge in [0.15, 0.2) is 21.3 Å². The number of ether oxygens (including phenoxy) is 3. The fraction of sp³-hybridized carbons (Fsp3) is 0.391. The van der Waals surface area contributed by atoms with Gasteiger partial charge >= 0.3 is 0 Å². The van der Waals surface area contributed by atoms with E-state index in [2.05, 4.69) is 5.32 Å². The monoisotopic (exact) mass is 476 g/mol. The van der Waals surface area contributed by atoms with Crippen molar-refractivity contribution in [2.24, 2.45) is 0 Å². The molecule has 1 N–H and O–H groups in total. The highest BCUT2D eigenvalue weighted by atomic mass is 32.2. The summed E-state index contributed by atoms with van der Waals surface area (Å²) in [5.74, 6) is -0.0984. The molecule has 0 saturated carbocycles. The summed E-state index contributed by atoms with van der Waals surface area (Å²) in [5.41, 5.74) is 0.822. The molecule has 1 fully saturated rings. The number of carbonyl (C=O) groups excluding carboxylic acids is 2. The number of amides is 2. The van der Waals surface area contributed by atoms with Crippen molar-refractivity contribution >= 4 is 27.3 Å². The normalized spacial score (nSPS) is 13.6. The molecule has 0 spiro atoms. The second kappa shape index (κ2) is 10.7. The van der Waals surface area contributed by atoms with E-state index in [-0.39, 0.29) is 34.4 Å². The predicted octanol–water partition coefficient (Wildman–Crippen LogP) is 2.61. The molecule has 0 atom stereocenters. The van der Waals surface area contributed by atoms with Crippen molar-refractivity contribution < 1.29 is 32.2 Å². The Morgan fingerprint density at radius 3 is 2.15 bits per heavy atom. The largest absolute Gasteiger partial charge is 0.493 e. The first-order valence-electron chi connectivity index (χ1n) is 10.5. The van der Waals surface area contributed by atoms with Gasteiger partial charge in [-0.1, -0.05) is 0 Å². The van der Waals surface area contributed by atoms with Crippen LogP contribution in [0.25, 0.3) is 0 Å². The van der Waals surface area contributed by atoms with Crippen molar-refractivity contribution in [3.63, 3.8) is 0 Å². The van der Waals surface area contributed by atoms with Crippen LogP contribution in [0.2, 0.25) is 0 Å². The van der Waals surface area contributed by atoms with Gasteiger partial charge < -0.3 is 24.4 Å². The molecule has 2 aromatic rings. The van der Waals surface area contributed by atoms with Crippen molar-refractivity contribution in [2.75, 3.05) is 52.1 Å². The lowest BCUT2D eigenvalue weighted by Crippen LogP contribution is -2.29. The summed E-state index contributed by atoms with van der Waals surface area (Å²) in [6, 6.07) is 8.72. The number of rotatable bonds is 9. The van der Waals surface area contributed by atoms with Gasteiger partial charge in [0.05, 0.1) is 42.7 Å². The van der Waals surface area contributed by atoms with Gasteiger partial charge in [0.2, 0.25) is 0 Å². The molecule has 1 aliphatic rings. The van der Waals surface area contributed by atoms with Crippen molar-refractivity contribution in [3.05, 3.63) is 47.5 Å². The van der Waals surface area contributed by atoms with E-state index in [0.717, 1.165) is 12.8 Å². The molecule has 1 saturated heterocycles. The summed E-state index contributed by atoms with van der Waals surface area (Å²) in [7, 11) is 0.866. The third kappa shape index (κ3) is 5.63. The lowest BCUT2D eigenvalue weighted by Gasteiger charge is -2.20. The smallest absolute Gasteiger partial charge is 0.256 e. The van der Waals surface area contributed by atoms with Gasteiger partial charge in [-0.2, -0.15) is 0 Å². The van der Waals surface area contributed by atoms with Crippen LogP contribution in [0.4, 0.5) is 5.69 Å². The maximum absolute atomic E-state index is 13.1. The first-order chi connectivity index (χ1) is 15.8. The van der Waals surface area contributed by atoms with Crippen LogP contribution >= 0.6 is 0 Å². The molecule has 1 aliphatic heterocycles. The Bertz CT molecular complexity index is 1110. The standard InChI is InChI=1S/C23H28N2O7S/c1-30-12-13-33(28,29)17-8-6-16(7-9-17)22(26)24-19-15-21(32-3)20(31-2)14-18(19)23(27)25-10-4-5-11-25/h6-9,14-15H,4-5,10-13H2,1-3H3,(H,24,26). The highest BCUT2D eigenvalue weighted by Crippen LogP contribution is 2.34. The summed E-state index contributed by atoms with van der Waals surface area (Å²) < 4.78 is 40.1. The second-order valence-corrected chi connectivity index (χ2v) is 9.65. The molecule has 33 heavy (non-hydrogen) atoms. The first-order valence-corrected chi connectivity index (χ1v) is 12.1. The minimum Gasteiger partial charge on any atom is -0.493 e. The van der Waals surface area contributed by atoms with Gasteiger partial charge in [0.25, 0.3) is 11.8 Å². The molecule has 2 aromatic carbocycles. The van der Waals surface area contributed by atoms with Crippen molar-refractivity contribution in [1.29, 1.82) is 0 Å². The lowest BCUT2D eigenvalue weighted by atomic mass is 10.1. The zero-order valence-corrected chi connectivity index (χ0v) is 19.7. The molecule has 2 amide bonds. The summed E-state index contributed by atoms with van der Waals surface area (Å²) in [6.07, 6.45) is 1.86. The maximum Gasteiger partial charge on any atom is 0.256 e. The van der Waals surface area contributed by atoms with Crippen molar-refractivity contribution in [1.82, 2.24) is 4.90 Å². The average Bonchev–Trinajstić information content (AvgIpc) is 3.37. The molecule has 0 aliphatic carbocycles. The van der Waals surface area contributed by atoms with E-state index in [0.29, 0.717) is 30.2 Å². The van der Waals surface area contributed by atoms with E-state index in [4.69, 9.17) is 14.2 Å². The Morgan fingerprint density at radius 2 is 1.58 bits per heavy atom. The van der Waals surface area contributed by atoms with Gasteiger partial charge in [-0.3, -0.25) is 9.59 Å². The van der Waals surface area contributed by atoms with Crippen molar-refractivity contribution in [2.45, 2.75) is 17.7 Å². The third-order valence-electron chi connectivity index (χ3n) is 5.43. The first kappa shape index (κ1) is 24.5. The van der Waals surface area contributed by atoms with Crippen molar-refractivity contribution in [3.8, 4) is 11.5 Å². The molecule has 9 nitrogen and oxygen atoms in total. The van der Waals surface area contributed by atoms with Crippen LogP contribution in [0.1, 0.15) is 33.6 Å². The van der Waals surface area contributed by atoms with E-state index in [1.54, 1.807) is 17.0 Å². The fourth-order valence-electron chi connectivity index (χ4n) is 3.57. The van der Waals surface area contributed by atoms with Gasteiger partial charge in [-0.15, -0.1) is 0 Å². The molecular formula is C23H28N2O7S. The van der Waals surface area contributed by atoms with Crippen LogP contribution in [-0.4, -0.2) is 71.9 Å². The van der Waals surface area contributed by atoms with Gasteiger partial charge in [0.1, 0.15) is 0 Å². The quantitative estimate of drug-likeness (QED) is 0.592. The molecule has 1 heterocycles. The Hall–Kier alpha value is -3.11. The minimum atomic E-state index is -3.51. The maximum atomic E-state index is 13.1. The van der Waals surface area contributed by atoms with E-state index < -0.39 is 15.7 Å². The molecule has 0 bridgehead atoms. The average molecular weight is 477 g/mol. The van der Waals surface area contributed by atoms with E-state index >= 15 is 0 Å². The topological polar surface area (TPSA) is 111 Å². The van der Waals surface area contributed by atoms with Crippen LogP contribution in [-0.2, 0) is 14.6 Å². The summed E-state index contributed by atoms with van der Waals surface area (Å²) in [5, 5.41) is 2.76. The van der Waals surface area contributed by atoms with Gasteiger partial charge in [0, 0.05) is 31.8 Å². The molecular weight excluding hydrogens is 448 g/mol. The highest BCUT2D eigenvalue weighted by Gasteiger charge is 2.25. The van der Waals surface area contributed by atoms with Crippen LogP contribution < -0.4 is 14.8 Å². The molecule has 10 heteroatoms. The predicted molar refractivity (Wildman–Crippen MR) is 123 cm³/mol. The Kier molecular flexibility index (Phi) is 7.93. The van der Waals surface area contributed by atoms with Crippen LogP contribution in [0, 0.1) is 0 Å². The molecule has 0 radical (unpaired) electrons. The lowest BCUT2D eigenvalue weighted by molar-refractivity contribution is 0.0793.